The van der Waals surface area contributed by atoms with E-state index in [0.29, 0.717) is 27.8 Å². The molecule has 1 saturated heterocycles. The Balaban J connectivity index is 1.40. The van der Waals surface area contributed by atoms with Crippen LogP contribution in [0.2, 0.25) is 5.02 Å². The van der Waals surface area contributed by atoms with Gasteiger partial charge in [0, 0.05) is 20.7 Å². The maximum atomic E-state index is 12.9. The number of halogens is 2. The van der Waals surface area contributed by atoms with Crippen LogP contribution in [0.4, 0.5) is 10.5 Å². The zero-order valence-corrected chi connectivity index (χ0v) is 22.9. The number of hydrogen-bond donors (Lipinski definition) is 1. The molecular weight excluding hydrogens is 580 g/mol. The standard InChI is InChI=1S/C27H22BrClN2O5S/c1-17-3-2-4-21(13-17)30-25(32)16-36-23-10-5-19(28)14-18(23)15-24-26(33)31(27(34)37-24)11-12-35-22-8-6-20(29)7-9-22/h2-10,13-15H,11-12,16H2,1H3,(H,30,32)/b24-15-. The Bertz CT molecular complexity index is 1360. The molecule has 1 heterocycles. The fourth-order valence-electron chi connectivity index (χ4n) is 3.45. The lowest BCUT2D eigenvalue weighted by Crippen LogP contribution is -2.32. The number of benzene rings is 3. The second kappa shape index (κ2) is 12.3. The van der Waals surface area contributed by atoms with Crippen LogP contribution >= 0.6 is 39.3 Å². The number of imide groups is 1. The number of amides is 3. The van der Waals surface area contributed by atoms with E-state index in [-0.39, 0.29) is 35.8 Å². The number of carbonyl (C=O) groups excluding carboxylic acids is 3. The summed E-state index contributed by atoms with van der Waals surface area (Å²) in [6.45, 7) is 1.97. The first-order valence-corrected chi connectivity index (χ1v) is 13.2. The third-order valence-electron chi connectivity index (χ3n) is 5.19. The molecule has 3 amide bonds. The molecule has 0 spiro atoms. The smallest absolute Gasteiger partial charge is 0.293 e. The van der Waals surface area contributed by atoms with E-state index in [1.807, 2.05) is 25.1 Å². The predicted molar refractivity (Wildman–Crippen MR) is 149 cm³/mol. The van der Waals surface area contributed by atoms with Crippen LogP contribution in [0.15, 0.2) is 76.1 Å². The molecule has 0 aliphatic carbocycles. The molecule has 3 aromatic carbocycles. The van der Waals surface area contributed by atoms with Gasteiger partial charge in [0.1, 0.15) is 18.1 Å². The first kappa shape index (κ1) is 26.8. The fourth-order valence-corrected chi connectivity index (χ4v) is 4.81. The van der Waals surface area contributed by atoms with Gasteiger partial charge in [-0.25, -0.2) is 0 Å². The van der Waals surface area contributed by atoms with Crippen molar-refractivity contribution < 1.29 is 23.9 Å². The molecular formula is C27H22BrClN2O5S. The summed E-state index contributed by atoms with van der Waals surface area (Å²) in [4.78, 5) is 39.2. The number of anilines is 1. The SMILES string of the molecule is Cc1cccc(NC(=O)COc2ccc(Br)cc2/C=C2\SC(=O)N(CCOc3ccc(Cl)cc3)C2=O)c1. The second-order valence-corrected chi connectivity index (χ2v) is 10.4. The molecule has 190 valence electrons. The molecule has 3 aromatic rings. The summed E-state index contributed by atoms with van der Waals surface area (Å²) in [7, 11) is 0. The molecule has 1 aliphatic rings. The van der Waals surface area contributed by atoms with Gasteiger partial charge in [-0.1, -0.05) is 39.7 Å². The maximum absolute atomic E-state index is 12.9. The molecule has 1 aliphatic heterocycles. The van der Waals surface area contributed by atoms with Gasteiger partial charge in [0.2, 0.25) is 0 Å². The highest BCUT2D eigenvalue weighted by Gasteiger charge is 2.35. The molecule has 7 nitrogen and oxygen atoms in total. The zero-order valence-electron chi connectivity index (χ0n) is 19.7. The molecule has 0 radical (unpaired) electrons. The zero-order chi connectivity index (χ0) is 26.4. The van der Waals surface area contributed by atoms with Gasteiger partial charge < -0.3 is 14.8 Å². The Morgan fingerprint density at radius 2 is 1.86 bits per heavy atom. The van der Waals surface area contributed by atoms with Crippen LogP contribution in [-0.2, 0) is 9.59 Å². The van der Waals surface area contributed by atoms with Gasteiger partial charge in [-0.2, -0.15) is 0 Å². The van der Waals surface area contributed by atoms with E-state index in [0.717, 1.165) is 26.7 Å². The fraction of sp³-hybridized carbons (Fsp3) is 0.148. The maximum Gasteiger partial charge on any atom is 0.293 e. The number of aryl methyl sites for hydroxylation is 1. The van der Waals surface area contributed by atoms with Crippen molar-refractivity contribution >= 4 is 68.1 Å². The van der Waals surface area contributed by atoms with Gasteiger partial charge in [-0.05, 0) is 84.9 Å². The third kappa shape index (κ3) is 7.38. The lowest BCUT2D eigenvalue weighted by Gasteiger charge is -2.13. The van der Waals surface area contributed by atoms with E-state index in [1.165, 1.54) is 0 Å². The van der Waals surface area contributed by atoms with E-state index >= 15 is 0 Å². The van der Waals surface area contributed by atoms with E-state index in [4.69, 9.17) is 21.1 Å². The summed E-state index contributed by atoms with van der Waals surface area (Å²) in [6.07, 6.45) is 1.59. The van der Waals surface area contributed by atoms with Gasteiger partial charge >= 0.3 is 0 Å². The van der Waals surface area contributed by atoms with Crippen molar-refractivity contribution in [2.24, 2.45) is 0 Å². The number of ether oxygens (including phenoxy) is 2. The molecule has 0 unspecified atom stereocenters. The predicted octanol–water partition coefficient (Wildman–Crippen LogP) is 6.54. The van der Waals surface area contributed by atoms with Crippen LogP contribution in [0.25, 0.3) is 6.08 Å². The van der Waals surface area contributed by atoms with Gasteiger partial charge in [0.25, 0.3) is 17.1 Å². The molecule has 0 aromatic heterocycles. The summed E-state index contributed by atoms with van der Waals surface area (Å²) >= 11 is 10.1. The number of nitrogens with one attached hydrogen (secondary N) is 1. The van der Waals surface area contributed by atoms with Gasteiger partial charge in [-0.15, -0.1) is 0 Å². The molecule has 10 heteroatoms. The largest absolute Gasteiger partial charge is 0.492 e. The van der Waals surface area contributed by atoms with E-state index in [2.05, 4.69) is 21.2 Å². The topological polar surface area (TPSA) is 84.9 Å². The van der Waals surface area contributed by atoms with Crippen molar-refractivity contribution in [3.63, 3.8) is 0 Å². The van der Waals surface area contributed by atoms with Crippen LogP contribution in [-0.4, -0.2) is 41.7 Å². The molecule has 0 bridgehead atoms. The second-order valence-electron chi connectivity index (χ2n) is 8.02. The Hall–Kier alpha value is -3.27. The average molecular weight is 602 g/mol. The number of hydrogen-bond acceptors (Lipinski definition) is 6. The van der Waals surface area contributed by atoms with Gasteiger partial charge in [0.05, 0.1) is 11.4 Å². The average Bonchev–Trinajstić information content (AvgIpc) is 3.12. The minimum atomic E-state index is -0.419. The van der Waals surface area contributed by atoms with Crippen molar-refractivity contribution in [2.75, 3.05) is 25.1 Å². The summed E-state index contributed by atoms with van der Waals surface area (Å²) in [5.41, 5.74) is 2.26. The van der Waals surface area contributed by atoms with Crippen LogP contribution in [0.1, 0.15) is 11.1 Å². The summed E-state index contributed by atoms with van der Waals surface area (Å²) < 4.78 is 12.1. The highest BCUT2D eigenvalue weighted by Crippen LogP contribution is 2.35. The monoisotopic (exact) mass is 600 g/mol. The van der Waals surface area contributed by atoms with E-state index in [9.17, 15) is 14.4 Å². The minimum Gasteiger partial charge on any atom is -0.492 e. The molecule has 37 heavy (non-hydrogen) atoms. The van der Waals surface area contributed by atoms with Crippen molar-refractivity contribution in [3.05, 3.63) is 92.3 Å². The highest BCUT2D eigenvalue weighted by molar-refractivity contribution is 9.10. The lowest BCUT2D eigenvalue weighted by molar-refractivity contribution is -0.123. The Labute approximate surface area is 231 Å². The highest BCUT2D eigenvalue weighted by atomic mass is 79.9. The molecule has 1 fully saturated rings. The normalized spacial score (nSPS) is 14.2. The van der Waals surface area contributed by atoms with Crippen LogP contribution < -0.4 is 14.8 Å². The summed E-state index contributed by atoms with van der Waals surface area (Å²) in [5, 5.41) is 3.00. The Morgan fingerprint density at radius 1 is 1.08 bits per heavy atom. The number of nitrogens with zero attached hydrogens (tertiary/aromatic N) is 1. The Kier molecular flexibility index (Phi) is 8.91. The molecule has 1 N–H and O–H groups in total. The number of rotatable bonds is 9. The molecule has 0 atom stereocenters. The summed E-state index contributed by atoms with van der Waals surface area (Å²) in [6, 6.07) is 19.5. The minimum absolute atomic E-state index is 0.103. The van der Waals surface area contributed by atoms with Crippen molar-refractivity contribution in [3.8, 4) is 11.5 Å². The lowest BCUT2D eigenvalue weighted by atomic mass is 10.2. The Morgan fingerprint density at radius 3 is 2.62 bits per heavy atom. The first-order valence-electron chi connectivity index (χ1n) is 11.2. The van der Waals surface area contributed by atoms with Gasteiger partial charge in [0.15, 0.2) is 6.61 Å². The van der Waals surface area contributed by atoms with Crippen LogP contribution in [0.5, 0.6) is 11.5 Å². The number of thioether (sulfide) groups is 1. The van der Waals surface area contributed by atoms with E-state index in [1.54, 1.807) is 54.6 Å². The summed E-state index contributed by atoms with van der Waals surface area (Å²) in [5.74, 6) is 0.257. The van der Waals surface area contributed by atoms with Crippen LogP contribution in [0.3, 0.4) is 0 Å². The first-order chi connectivity index (χ1) is 17.8. The van der Waals surface area contributed by atoms with Crippen molar-refractivity contribution in [2.45, 2.75) is 6.92 Å². The number of carbonyl (C=O) groups is 3. The third-order valence-corrected chi connectivity index (χ3v) is 6.84. The van der Waals surface area contributed by atoms with Gasteiger partial charge in [-0.3, -0.25) is 19.3 Å². The molecule has 0 saturated carbocycles. The van der Waals surface area contributed by atoms with Crippen LogP contribution in [0, 0.1) is 6.92 Å². The van der Waals surface area contributed by atoms with E-state index < -0.39 is 5.91 Å². The van der Waals surface area contributed by atoms with Crippen molar-refractivity contribution in [1.82, 2.24) is 4.90 Å². The molecule has 4 rings (SSSR count). The quantitative estimate of drug-likeness (QED) is 0.280. The van der Waals surface area contributed by atoms with Crippen molar-refractivity contribution in [1.29, 1.82) is 0 Å².